The highest BCUT2D eigenvalue weighted by atomic mass is 16.5. The third-order valence-corrected chi connectivity index (χ3v) is 4.56. The van der Waals surface area contributed by atoms with Gasteiger partial charge in [0.05, 0.1) is 7.11 Å². The summed E-state index contributed by atoms with van der Waals surface area (Å²) in [7, 11) is 1.66. The second kappa shape index (κ2) is 7.11. The van der Waals surface area contributed by atoms with E-state index in [2.05, 4.69) is 10.2 Å². The number of carbonyl (C=O) groups excluding carboxylic acids is 1. The van der Waals surface area contributed by atoms with Crippen LogP contribution < -0.4 is 10.1 Å². The lowest BCUT2D eigenvalue weighted by molar-refractivity contribution is 0.0889. The number of ether oxygens (including phenoxy) is 1. The van der Waals surface area contributed by atoms with Crippen molar-refractivity contribution in [3.63, 3.8) is 0 Å². The summed E-state index contributed by atoms with van der Waals surface area (Å²) in [5.41, 5.74) is 0.795. The number of hydrogen-bond donors (Lipinski definition) is 1. The highest BCUT2D eigenvalue weighted by Gasteiger charge is 2.22. The monoisotopic (exact) mass is 312 g/mol. The molecule has 4 heteroatoms. The van der Waals surface area contributed by atoms with Crippen molar-refractivity contribution in [2.45, 2.75) is 6.92 Å². The van der Waals surface area contributed by atoms with E-state index in [1.165, 1.54) is 0 Å². The number of fused-ring (bicyclic) bond motifs is 1. The lowest BCUT2D eigenvalue weighted by Gasteiger charge is -2.29. The van der Waals surface area contributed by atoms with Gasteiger partial charge in [-0.2, -0.15) is 0 Å². The number of hydrogen-bond acceptors (Lipinski definition) is 4. The Morgan fingerprint density at radius 1 is 1.17 bits per heavy atom. The maximum atomic E-state index is 12.9. The Balaban J connectivity index is 1.85. The first-order valence-corrected chi connectivity index (χ1v) is 8.23. The van der Waals surface area contributed by atoms with E-state index in [9.17, 15) is 4.79 Å². The molecule has 0 spiro atoms. The summed E-state index contributed by atoms with van der Waals surface area (Å²) in [6.45, 7) is 6.89. The molecule has 0 aliphatic carbocycles. The van der Waals surface area contributed by atoms with E-state index in [0.717, 1.165) is 54.8 Å². The van der Waals surface area contributed by atoms with Gasteiger partial charge in [-0.25, -0.2) is 0 Å². The number of Topliss-reactive ketones (excluding diaryl/α,β-unsaturated/α-hetero) is 1. The number of piperazine rings is 1. The minimum atomic E-state index is -0.00935. The lowest BCUT2D eigenvalue weighted by atomic mass is 9.93. The molecule has 1 aliphatic rings. The first-order chi connectivity index (χ1) is 11.2. The van der Waals surface area contributed by atoms with Crippen LogP contribution in [0.5, 0.6) is 5.75 Å². The number of methoxy groups -OCH3 is 1. The summed E-state index contributed by atoms with van der Waals surface area (Å²) >= 11 is 0. The van der Waals surface area contributed by atoms with Crippen LogP contribution in [0.25, 0.3) is 10.8 Å². The van der Waals surface area contributed by atoms with E-state index in [1.807, 2.05) is 43.3 Å². The summed E-state index contributed by atoms with van der Waals surface area (Å²) in [5, 5.41) is 5.32. The number of carbonyl (C=O) groups is 1. The molecule has 23 heavy (non-hydrogen) atoms. The van der Waals surface area contributed by atoms with Gasteiger partial charge in [0.25, 0.3) is 0 Å². The molecular formula is C19H24N2O2. The fourth-order valence-electron chi connectivity index (χ4n) is 3.29. The zero-order valence-corrected chi connectivity index (χ0v) is 13.8. The highest BCUT2D eigenvalue weighted by Crippen LogP contribution is 2.29. The number of ketones is 1. The quantitative estimate of drug-likeness (QED) is 0.862. The van der Waals surface area contributed by atoms with Crippen molar-refractivity contribution in [2.24, 2.45) is 5.92 Å². The van der Waals surface area contributed by atoms with Crippen LogP contribution in [0, 0.1) is 5.92 Å². The molecule has 2 aromatic carbocycles. The molecule has 1 N–H and O–H groups in total. The molecule has 0 bridgehead atoms. The molecule has 1 saturated heterocycles. The van der Waals surface area contributed by atoms with E-state index in [0.29, 0.717) is 0 Å². The van der Waals surface area contributed by atoms with Crippen LogP contribution in [0.1, 0.15) is 17.3 Å². The van der Waals surface area contributed by atoms with Crippen LogP contribution in [0.2, 0.25) is 0 Å². The topological polar surface area (TPSA) is 41.6 Å². The van der Waals surface area contributed by atoms with E-state index >= 15 is 0 Å². The average molecular weight is 312 g/mol. The average Bonchev–Trinajstić information content (AvgIpc) is 2.61. The normalized spacial score (nSPS) is 17.1. The van der Waals surface area contributed by atoms with Gasteiger partial charge in [-0.05, 0) is 17.5 Å². The first-order valence-electron chi connectivity index (χ1n) is 8.23. The van der Waals surface area contributed by atoms with Crippen molar-refractivity contribution >= 4 is 16.6 Å². The van der Waals surface area contributed by atoms with Gasteiger partial charge in [-0.15, -0.1) is 0 Å². The summed E-state index contributed by atoms with van der Waals surface area (Å²) in [6.07, 6.45) is 0. The van der Waals surface area contributed by atoms with E-state index < -0.39 is 0 Å². The Morgan fingerprint density at radius 2 is 1.87 bits per heavy atom. The molecule has 4 nitrogen and oxygen atoms in total. The summed E-state index contributed by atoms with van der Waals surface area (Å²) in [6, 6.07) is 11.8. The largest absolute Gasteiger partial charge is 0.496 e. The third kappa shape index (κ3) is 3.38. The highest BCUT2D eigenvalue weighted by molar-refractivity contribution is 6.10. The maximum Gasteiger partial charge on any atom is 0.167 e. The van der Waals surface area contributed by atoms with Crippen LogP contribution in [-0.4, -0.2) is 50.5 Å². The molecule has 1 aliphatic heterocycles. The second-order valence-corrected chi connectivity index (χ2v) is 6.18. The lowest BCUT2D eigenvalue weighted by Crippen LogP contribution is -2.45. The predicted octanol–water partition coefficient (Wildman–Crippen LogP) is 2.57. The van der Waals surface area contributed by atoms with Gasteiger partial charge in [0, 0.05) is 49.6 Å². The first kappa shape index (κ1) is 16.0. The molecule has 0 amide bonds. The molecule has 0 radical (unpaired) electrons. The molecular weight excluding hydrogens is 288 g/mol. The molecule has 1 unspecified atom stereocenters. The zero-order chi connectivity index (χ0) is 16.2. The Kier molecular flexibility index (Phi) is 4.94. The van der Waals surface area contributed by atoms with Crippen molar-refractivity contribution in [1.82, 2.24) is 10.2 Å². The van der Waals surface area contributed by atoms with Crippen LogP contribution in [0.3, 0.4) is 0 Å². The van der Waals surface area contributed by atoms with Crippen LogP contribution >= 0.6 is 0 Å². The van der Waals surface area contributed by atoms with Crippen molar-refractivity contribution in [3.05, 3.63) is 42.0 Å². The van der Waals surface area contributed by atoms with Gasteiger partial charge in [0.1, 0.15) is 5.75 Å². The van der Waals surface area contributed by atoms with Crippen LogP contribution in [0.4, 0.5) is 0 Å². The van der Waals surface area contributed by atoms with Crippen LogP contribution in [0.15, 0.2) is 36.4 Å². The Bertz CT molecular complexity index is 693. The summed E-state index contributed by atoms with van der Waals surface area (Å²) in [4.78, 5) is 15.3. The summed E-state index contributed by atoms with van der Waals surface area (Å²) < 4.78 is 5.42. The third-order valence-electron chi connectivity index (χ3n) is 4.56. The minimum absolute atomic E-state index is 0.00935. The minimum Gasteiger partial charge on any atom is -0.496 e. The Labute approximate surface area is 137 Å². The number of nitrogens with zero attached hydrogens (tertiary/aromatic N) is 1. The number of nitrogens with one attached hydrogen (secondary N) is 1. The number of rotatable bonds is 5. The molecule has 2 aromatic rings. The van der Waals surface area contributed by atoms with Gasteiger partial charge < -0.3 is 15.0 Å². The smallest absolute Gasteiger partial charge is 0.167 e. The molecule has 1 heterocycles. The predicted molar refractivity (Wildman–Crippen MR) is 93.3 cm³/mol. The standard InChI is InChI=1S/C19H24N2O2/c1-14(13-21-11-9-20-10-12-21)19(22)17-7-8-18(23-2)16-6-4-3-5-15(16)17/h3-8,14,20H,9-13H2,1-2H3. The van der Waals surface area contributed by atoms with Gasteiger partial charge in [0.15, 0.2) is 5.78 Å². The van der Waals surface area contributed by atoms with Crippen LogP contribution in [-0.2, 0) is 0 Å². The van der Waals surface area contributed by atoms with Gasteiger partial charge in [-0.3, -0.25) is 4.79 Å². The fraction of sp³-hybridized carbons (Fsp3) is 0.421. The second-order valence-electron chi connectivity index (χ2n) is 6.18. The van der Waals surface area contributed by atoms with Gasteiger partial charge >= 0.3 is 0 Å². The Morgan fingerprint density at radius 3 is 2.57 bits per heavy atom. The van der Waals surface area contributed by atoms with Crippen molar-refractivity contribution in [2.75, 3.05) is 39.8 Å². The molecule has 1 fully saturated rings. The number of benzene rings is 2. The van der Waals surface area contributed by atoms with E-state index in [-0.39, 0.29) is 11.7 Å². The SMILES string of the molecule is COc1ccc(C(=O)C(C)CN2CCNCC2)c2ccccc12. The molecule has 0 saturated carbocycles. The Hall–Kier alpha value is -1.91. The van der Waals surface area contributed by atoms with Gasteiger partial charge in [0.2, 0.25) is 0 Å². The summed E-state index contributed by atoms with van der Waals surface area (Å²) in [5.74, 6) is 1.01. The van der Waals surface area contributed by atoms with Crippen molar-refractivity contribution < 1.29 is 9.53 Å². The van der Waals surface area contributed by atoms with Gasteiger partial charge in [-0.1, -0.05) is 31.2 Å². The fourth-order valence-corrected chi connectivity index (χ4v) is 3.29. The van der Waals surface area contributed by atoms with Crippen molar-refractivity contribution in [3.8, 4) is 5.75 Å². The molecule has 3 rings (SSSR count). The maximum absolute atomic E-state index is 12.9. The molecule has 122 valence electrons. The van der Waals surface area contributed by atoms with Crippen molar-refractivity contribution in [1.29, 1.82) is 0 Å². The van der Waals surface area contributed by atoms with E-state index in [4.69, 9.17) is 4.74 Å². The molecule has 1 atom stereocenters. The molecule has 0 aromatic heterocycles. The van der Waals surface area contributed by atoms with E-state index in [1.54, 1.807) is 7.11 Å². The zero-order valence-electron chi connectivity index (χ0n) is 13.8.